The van der Waals surface area contributed by atoms with Crippen molar-refractivity contribution in [1.82, 2.24) is 4.98 Å². The van der Waals surface area contributed by atoms with Crippen LogP contribution in [0.15, 0.2) is 62.0 Å². The first kappa shape index (κ1) is 14.0. The minimum atomic E-state index is 0.743. The second-order valence-corrected chi connectivity index (χ2v) is 6.10. The Labute approximate surface area is 134 Å². The van der Waals surface area contributed by atoms with Crippen molar-refractivity contribution in [2.45, 2.75) is 6.92 Å². The predicted molar refractivity (Wildman–Crippen MR) is 89.8 cm³/mol. The minimum Gasteiger partial charge on any atom is -0.463 e. The van der Waals surface area contributed by atoms with Crippen molar-refractivity contribution in [2.24, 2.45) is 5.10 Å². The van der Waals surface area contributed by atoms with E-state index < -0.39 is 0 Å². The molecule has 21 heavy (non-hydrogen) atoms. The Bertz CT molecular complexity index is 748. The van der Waals surface area contributed by atoms with E-state index >= 15 is 0 Å². The quantitative estimate of drug-likeness (QED) is 0.525. The number of anilines is 1. The maximum atomic E-state index is 5.28. The van der Waals surface area contributed by atoms with E-state index in [2.05, 4.69) is 31.4 Å². The smallest absolute Gasteiger partial charge is 0.203 e. The first-order valence-corrected chi connectivity index (χ1v) is 7.95. The highest BCUT2D eigenvalue weighted by molar-refractivity contribution is 9.10. The van der Waals surface area contributed by atoms with E-state index in [1.807, 2.05) is 48.7 Å². The number of nitrogens with one attached hydrogen (secondary N) is 1. The molecule has 0 saturated heterocycles. The van der Waals surface area contributed by atoms with Crippen LogP contribution in [0, 0.1) is 0 Å². The Balaban J connectivity index is 1.73. The summed E-state index contributed by atoms with van der Waals surface area (Å²) in [5.74, 6) is 0.743. The van der Waals surface area contributed by atoms with Crippen molar-refractivity contribution >= 4 is 38.1 Å². The van der Waals surface area contributed by atoms with E-state index in [1.165, 1.54) is 11.3 Å². The van der Waals surface area contributed by atoms with Crippen molar-refractivity contribution in [1.29, 1.82) is 0 Å². The maximum Gasteiger partial charge on any atom is 0.203 e. The minimum absolute atomic E-state index is 0.743. The normalized spacial score (nSPS) is 11.6. The number of nitrogens with zero attached hydrogens (tertiary/aromatic N) is 2. The fraction of sp³-hybridized carbons (Fsp3) is 0.0667. The number of aromatic nitrogens is 1. The summed E-state index contributed by atoms with van der Waals surface area (Å²) in [6.07, 6.45) is 1.63. The molecule has 0 bridgehead atoms. The fourth-order valence-electron chi connectivity index (χ4n) is 1.75. The molecule has 2 heterocycles. The summed E-state index contributed by atoms with van der Waals surface area (Å²) >= 11 is 4.94. The summed E-state index contributed by atoms with van der Waals surface area (Å²) in [5, 5.41) is 7.02. The lowest BCUT2D eigenvalue weighted by atomic mass is 10.2. The predicted octanol–water partition coefficient (Wildman–Crippen LogP) is 5.00. The molecular formula is C15H12BrN3OS. The summed E-state index contributed by atoms with van der Waals surface area (Å²) < 4.78 is 6.33. The SMILES string of the molecule is C/C(=N\Nc1nc(-c2ccc(Br)cc2)cs1)c1ccco1. The molecule has 0 aliphatic heterocycles. The van der Waals surface area contributed by atoms with Crippen LogP contribution in [0.1, 0.15) is 12.7 Å². The molecule has 3 rings (SSSR count). The topological polar surface area (TPSA) is 50.4 Å². The number of rotatable bonds is 4. The number of furan rings is 1. The highest BCUT2D eigenvalue weighted by Crippen LogP contribution is 2.26. The molecule has 2 aromatic heterocycles. The summed E-state index contributed by atoms with van der Waals surface area (Å²) in [4.78, 5) is 4.52. The zero-order chi connectivity index (χ0) is 14.7. The van der Waals surface area contributed by atoms with Gasteiger partial charge in [-0.2, -0.15) is 5.10 Å². The van der Waals surface area contributed by atoms with Crippen LogP contribution in [0.25, 0.3) is 11.3 Å². The first-order valence-electron chi connectivity index (χ1n) is 6.28. The fourth-order valence-corrected chi connectivity index (χ4v) is 2.68. The van der Waals surface area contributed by atoms with Crippen LogP contribution >= 0.6 is 27.3 Å². The zero-order valence-electron chi connectivity index (χ0n) is 11.2. The molecule has 0 fully saturated rings. The average Bonchev–Trinajstić information content (AvgIpc) is 3.17. The third kappa shape index (κ3) is 3.40. The van der Waals surface area contributed by atoms with Crippen molar-refractivity contribution in [3.63, 3.8) is 0 Å². The molecule has 0 saturated carbocycles. The lowest BCUT2D eigenvalue weighted by Gasteiger charge is -1.98. The third-order valence-corrected chi connectivity index (χ3v) is 4.12. The number of benzene rings is 1. The Hall–Kier alpha value is -1.92. The molecular weight excluding hydrogens is 350 g/mol. The van der Waals surface area contributed by atoms with E-state index in [-0.39, 0.29) is 0 Å². The Morgan fingerprint density at radius 3 is 2.81 bits per heavy atom. The molecule has 106 valence electrons. The monoisotopic (exact) mass is 361 g/mol. The number of thiazole rings is 1. The van der Waals surface area contributed by atoms with Crippen molar-refractivity contribution in [3.8, 4) is 11.3 Å². The van der Waals surface area contributed by atoms with Gasteiger partial charge in [0.2, 0.25) is 5.13 Å². The van der Waals surface area contributed by atoms with Gasteiger partial charge in [0.05, 0.1) is 12.0 Å². The Kier molecular flexibility index (Phi) is 4.17. The molecule has 0 aliphatic carbocycles. The Morgan fingerprint density at radius 2 is 2.10 bits per heavy atom. The van der Waals surface area contributed by atoms with Gasteiger partial charge >= 0.3 is 0 Å². The van der Waals surface area contributed by atoms with Crippen molar-refractivity contribution < 1.29 is 4.42 Å². The van der Waals surface area contributed by atoms with E-state index in [1.54, 1.807) is 6.26 Å². The summed E-state index contributed by atoms with van der Waals surface area (Å²) in [5.41, 5.74) is 5.75. The molecule has 1 N–H and O–H groups in total. The molecule has 0 unspecified atom stereocenters. The van der Waals surface area contributed by atoms with Crippen LogP contribution in [0.5, 0.6) is 0 Å². The molecule has 0 spiro atoms. The van der Waals surface area contributed by atoms with Gasteiger partial charge < -0.3 is 4.42 Å². The summed E-state index contributed by atoms with van der Waals surface area (Å²) in [7, 11) is 0. The maximum absolute atomic E-state index is 5.28. The van der Waals surface area contributed by atoms with Gasteiger partial charge in [-0.25, -0.2) is 4.98 Å². The lowest BCUT2D eigenvalue weighted by molar-refractivity contribution is 0.557. The number of hydrazone groups is 1. The van der Waals surface area contributed by atoms with Gasteiger partial charge in [0.1, 0.15) is 11.5 Å². The molecule has 0 amide bonds. The van der Waals surface area contributed by atoms with E-state index in [4.69, 9.17) is 4.42 Å². The lowest BCUT2D eigenvalue weighted by Crippen LogP contribution is -1.97. The second-order valence-electron chi connectivity index (χ2n) is 4.33. The molecule has 0 radical (unpaired) electrons. The van der Waals surface area contributed by atoms with Crippen LogP contribution in [-0.4, -0.2) is 10.7 Å². The van der Waals surface area contributed by atoms with Gasteiger partial charge in [-0.3, -0.25) is 5.43 Å². The first-order chi connectivity index (χ1) is 10.2. The van der Waals surface area contributed by atoms with Crippen LogP contribution in [0.2, 0.25) is 0 Å². The Morgan fingerprint density at radius 1 is 1.29 bits per heavy atom. The van der Waals surface area contributed by atoms with Crippen molar-refractivity contribution in [3.05, 3.63) is 58.3 Å². The molecule has 6 heteroatoms. The van der Waals surface area contributed by atoms with E-state index in [9.17, 15) is 0 Å². The van der Waals surface area contributed by atoms with Crippen molar-refractivity contribution in [2.75, 3.05) is 5.43 Å². The van der Waals surface area contributed by atoms with Crippen LogP contribution in [0.3, 0.4) is 0 Å². The highest BCUT2D eigenvalue weighted by Gasteiger charge is 2.05. The number of hydrogen-bond acceptors (Lipinski definition) is 5. The average molecular weight is 362 g/mol. The molecule has 4 nitrogen and oxygen atoms in total. The van der Waals surface area contributed by atoms with Crippen LogP contribution in [0.4, 0.5) is 5.13 Å². The molecule has 3 aromatic rings. The summed E-state index contributed by atoms with van der Waals surface area (Å²) in [6.45, 7) is 1.88. The van der Waals surface area contributed by atoms with E-state index in [0.717, 1.165) is 32.3 Å². The van der Waals surface area contributed by atoms with Gasteiger partial charge in [0.25, 0.3) is 0 Å². The number of hydrogen-bond donors (Lipinski definition) is 1. The largest absolute Gasteiger partial charge is 0.463 e. The van der Waals surface area contributed by atoms with Crippen LogP contribution in [-0.2, 0) is 0 Å². The van der Waals surface area contributed by atoms with E-state index in [0.29, 0.717) is 0 Å². The van der Waals surface area contributed by atoms with Gasteiger partial charge in [0.15, 0.2) is 0 Å². The highest BCUT2D eigenvalue weighted by atomic mass is 79.9. The van der Waals surface area contributed by atoms with Gasteiger partial charge in [-0.05, 0) is 31.2 Å². The zero-order valence-corrected chi connectivity index (χ0v) is 13.6. The van der Waals surface area contributed by atoms with Gasteiger partial charge in [-0.15, -0.1) is 11.3 Å². The second kappa shape index (κ2) is 6.24. The standard InChI is InChI=1S/C15H12BrN3OS/c1-10(14-3-2-8-20-14)18-19-15-17-13(9-21-15)11-4-6-12(16)7-5-11/h2-9H,1H3,(H,17,19)/b18-10+. The van der Waals surface area contributed by atoms with Crippen LogP contribution < -0.4 is 5.43 Å². The molecule has 0 aliphatic rings. The third-order valence-electron chi connectivity index (χ3n) is 2.84. The molecule has 1 aromatic carbocycles. The molecule has 0 atom stereocenters. The van der Waals surface area contributed by atoms with Gasteiger partial charge in [0, 0.05) is 15.4 Å². The number of halogens is 1. The van der Waals surface area contributed by atoms with Gasteiger partial charge in [-0.1, -0.05) is 28.1 Å². The summed E-state index contributed by atoms with van der Waals surface area (Å²) in [6, 6.07) is 11.8.